The topological polar surface area (TPSA) is 50.5 Å². The molecule has 0 fully saturated rings. The maximum Gasteiger partial charge on any atom is 0.142 e. The first-order chi connectivity index (χ1) is 11.1. The Morgan fingerprint density at radius 2 is 1.83 bits per heavy atom. The van der Waals surface area contributed by atoms with Crippen molar-refractivity contribution in [1.29, 1.82) is 0 Å². The van der Waals surface area contributed by atoms with E-state index in [2.05, 4.69) is 40.5 Å². The van der Waals surface area contributed by atoms with Crippen LogP contribution in [0.1, 0.15) is 18.9 Å². The molecule has 0 atom stereocenters. The first kappa shape index (κ1) is 17.0. The van der Waals surface area contributed by atoms with Crippen LogP contribution in [0.4, 0.5) is 17.1 Å². The maximum absolute atomic E-state index is 6.00. The smallest absolute Gasteiger partial charge is 0.142 e. The van der Waals surface area contributed by atoms with Gasteiger partial charge in [0.15, 0.2) is 0 Å². The summed E-state index contributed by atoms with van der Waals surface area (Å²) in [5.41, 5.74) is 10.3. The zero-order valence-corrected chi connectivity index (χ0v) is 14.3. The van der Waals surface area contributed by atoms with Crippen molar-refractivity contribution in [2.24, 2.45) is 0 Å². The summed E-state index contributed by atoms with van der Waals surface area (Å²) in [5.74, 6) is 0.773. The number of hydrogen-bond donors (Lipinski definition) is 2. The lowest BCUT2D eigenvalue weighted by Crippen LogP contribution is -2.08. The van der Waals surface area contributed by atoms with Gasteiger partial charge in [0.25, 0.3) is 0 Å². The highest BCUT2D eigenvalue weighted by molar-refractivity contribution is 5.55. The Bertz CT molecular complexity index is 609. The molecule has 0 aliphatic carbocycles. The van der Waals surface area contributed by atoms with E-state index in [0.717, 1.165) is 36.5 Å². The molecule has 23 heavy (non-hydrogen) atoms. The van der Waals surface area contributed by atoms with Crippen LogP contribution in [0.15, 0.2) is 42.5 Å². The van der Waals surface area contributed by atoms with Crippen LogP contribution in [0.2, 0.25) is 0 Å². The lowest BCUT2D eigenvalue weighted by atomic mass is 10.1. The van der Waals surface area contributed by atoms with Crippen LogP contribution in [0.25, 0.3) is 0 Å². The molecule has 0 amide bonds. The number of ether oxygens (including phenoxy) is 1. The molecule has 0 heterocycles. The molecule has 0 unspecified atom stereocenters. The van der Waals surface area contributed by atoms with Gasteiger partial charge in [-0.2, -0.15) is 0 Å². The minimum Gasteiger partial charge on any atom is -0.492 e. The Kier molecular flexibility index (Phi) is 6.15. The average molecular weight is 313 g/mol. The van der Waals surface area contributed by atoms with Crippen LogP contribution in [0.5, 0.6) is 5.75 Å². The summed E-state index contributed by atoms with van der Waals surface area (Å²) in [4.78, 5) is 2.10. The molecule has 124 valence electrons. The van der Waals surface area contributed by atoms with Crippen molar-refractivity contribution < 1.29 is 4.74 Å². The van der Waals surface area contributed by atoms with E-state index >= 15 is 0 Å². The normalized spacial score (nSPS) is 10.4. The number of hydrogen-bond acceptors (Lipinski definition) is 4. The minimum atomic E-state index is 0.639. The third-order valence-electron chi connectivity index (χ3n) is 3.73. The van der Waals surface area contributed by atoms with Gasteiger partial charge in [-0.05, 0) is 61.7 Å². The van der Waals surface area contributed by atoms with Crippen LogP contribution in [-0.2, 0) is 6.42 Å². The van der Waals surface area contributed by atoms with Gasteiger partial charge in [-0.25, -0.2) is 0 Å². The van der Waals surface area contributed by atoms with Gasteiger partial charge < -0.3 is 20.7 Å². The van der Waals surface area contributed by atoms with E-state index in [0.29, 0.717) is 6.61 Å². The monoisotopic (exact) mass is 313 g/mol. The predicted octanol–water partition coefficient (Wildman–Crippen LogP) is 3.78. The average Bonchev–Trinajstić information content (AvgIpc) is 2.54. The van der Waals surface area contributed by atoms with Gasteiger partial charge in [0.2, 0.25) is 0 Å². The summed E-state index contributed by atoms with van der Waals surface area (Å²) in [5, 5.41) is 3.45. The summed E-state index contributed by atoms with van der Waals surface area (Å²) in [6.07, 6.45) is 2.06. The molecule has 4 nitrogen and oxygen atoms in total. The van der Waals surface area contributed by atoms with Crippen LogP contribution in [0, 0.1) is 0 Å². The van der Waals surface area contributed by atoms with Crippen molar-refractivity contribution >= 4 is 17.1 Å². The zero-order valence-electron chi connectivity index (χ0n) is 14.3. The molecule has 2 aromatic rings. The van der Waals surface area contributed by atoms with E-state index in [1.807, 2.05) is 33.2 Å². The standard InChI is InChI=1S/C19H27N3O/c1-4-23-19-12-7-15(14-18(19)20)6-5-13-21-16-8-10-17(11-9-16)22(2)3/h7-12,14,21H,4-6,13,20H2,1-3H3. The van der Waals surface area contributed by atoms with Crippen LogP contribution >= 0.6 is 0 Å². The first-order valence-electron chi connectivity index (χ1n) is 8.12. The van der Waals surface area contributed by atoms with Gasteiger partial charge in [-0.1, -0.05) is 6.07 Å². The number of anilines is 3. The quantitative estimate of drug-likeness (QED) is 0.575. The van der Waals surface area contributed by atoms with Gasteiger partial charge in [0, 0.05) is 32.0 Å². The van der Waals surface area contributed by atoms with E-state index in [1.54, 1.807) is 0 Å². The Morgan fingerprint density at radius 1 is 1.09 bits per heavy atom. The molecule has 0 aliphatic heterocycles. The third-order valence-corrected chi connectivity index (χ3v) is 3.73. The fourth-order valence-corrected chi connectivity index (χ4v) is 2.44. The van der Waals surface area contributed by atoms with Gasteiger partial charge in [0.1, 0.15) is 5.75 Å². The van der Waals surface area contributed by atoms with Crippen molar-refractivity contribution in [1.82, 2.24) is 0 Å². The number of benzene rings is 2. The highest BCUT2D eigenvalue weighted by Crippen LogP contribution is 2.23. The van der Waals surface area contributed by atoms with E-state index in [1.165, 1.54) is 11.3 Å². The first-order valence-corrected chi connectivity index (χ1v) is 8.12. The molecule has 0 aliphatic rings. The third kappa shape index (κ3) is 5.09. The lowest BCUT2D eigenvalue weighted by molar-refractivity contribution is 0.342. The van der Waals surface area contributed by atoms with E-state index in [9.17, 15) is 0 Å². The molecule has 0 radical (unpaired) electrons. The van der Waals surface area contributed by atoms with Gasteiger partial charge in [-0.15, -0.1) is 0 Å². The van der Waals surface area contributed by atoms with Crippen LogP contribution in [0.3, 0.4) is 0 Å². The lowest BCUT2D eigenvalue weighted by Gasteiger charge is -2.13. The summed E-state index contributed by atoms with van der Waals surface area (Å²) >= 11 is 0. The Morgan fingerprint density at radius 3 is 2.43 bits per heavy atom. The fraction of sp³-hybridized carbons (Fsp3) is 0.368. The maximum atomic E-state index is 6.00. The van der Waals surface area contributed by atoms with Crippen LogP contribution < -0.4 is 20.7 Å². The predicted molar refractivity (Wildman–Crippen MR) is 99.6 cm³/mol. The Balaban J connectivity index is 1.77. The van der Waals surface area contributed by atoms with Crippen LogP contribution in [-0.4, -0.2) is 27.2 Å². The highest BCUT2D eigenvalue weighted by atomic mass is 16.5. The molecule has 0 saturated heterocycles. The molecule has 2 rings (SSSR count). The number of nitrogen functional groups attached to an aromatic ring is 1. The number of nitrogens with zero attached hydrogens (tertiary/aromatic N) is 1. The van der Waals surface area contributed by atoms with Crippen molar-refractivity contribution in [3.63, 3.8) is 0 Å². The fourth-order valence-electron chi connectivity index (χ4n) is 2.44. The minimum absolute atomic E-state index is 0.639. The Hall–Kier alpha value is -2.36. The summed E-state index contributed by atoms with van der Waals surface area (Å²) in [6.45, 7) is 3.54. The molecule has 0 saturated carbocycles. The second kappa shape index (κ2) is 8.32. The molecular weight excluding hydrogens is 286 g/mol. The summed E-state index contributed by atoms with van der Waals surface area (Å²) < 4.78 is 5.46. The molecule has 4 heteroatoms. The number of aryl methyl sites for hydroxylation is 1. The molecule has 0 bridgehead atoms. The second-order valence-electron chi connectivity index (χ2n) is 5.78. The molecule has 0 spiro atoms. The van der Waals surface area contributed by atoms with E-state index < -0.39 is 0 Å². The number of nitrogens with two attached hydrogens (primary N) is 1. The van der Waals surface area contributed by atoms with Gasteiger partial charge in [-0.3, -0.25) is 0 Å². The number of rotatable bonds is 8. The molecule has 3 N–H and O–H groups in total. The van der Waals surface area contributed by atoms with Crippen molar-refractivity contribution in [2.45, 2.75) is 19.8 Å². The van der Waals surface area contributed by atoms with E-state index in [4.69, 9.17) is 10.5 Å². The van der Waals surface area contributed by atoms with Gasteiger partial charge >= 0.3 is 0 Å². The SMILES string of the molecule is CCOc1ccc(CCCNc2ccc(N(C)C)cc2)cc1N. The van der Waals surface area contributed by atoms with Crippen molar-refractivity contribution in [2.75, 3.05) is 43.2 Å². The van der Waals surface area contributed by atoms with Crippen molar-refractivity contribution in [3.8, 4) is 5.75 Å². The number of nitrogens with one attached hydrogen (secondary N) is 1. The highest BCUT2D eigenvalue weighted by Gasteiger charge is 2.02. The molecular formula is C19H27N3O. The van der Waals surface area contributed by atoms with E-state index in [-0.39, 0.29) is 0 Å². The Labute approximate surface area is 139 Å². The summed E-state index contributed by atoms with van der Waals surface area (Å²) in [6, 6.07) is 14.5. The zero-order chi connectivity index (χ0) is 16.7. The van der Waals surface area contributed by atoms with Gasteiger partial charge in [0.05, 0.1) is 12.3 Å². The molecule has 2 aromatic carbocycles. The van der Waals surface area contributed by atoms with Crippen molar-refractivity contribution in [3.05, 3.63) is 48.0 Å². The second-order valence-corrected chi connectivity index (χ2v) is 5.78. The summed E-state index contributed by atoms with van der Waals surface area (Å²) in [7, 11) is 4.09. The molecule has 0 aromatic heterocycles. The largest absolute Gasteiger partial charge is 0.492 e.